The van der Waals surface area contributed by atoms with Gasteiger partial charge in [-0.2, -0.15) is 5.10 Å². The second kappa shape index (κ2) is 7.07. The van der Waals surface area contributed by atoms with Crippen LogP contribution < -0.4 is 4.90 Å². The van der Waals surface area contributed by atoms with E-state index in [4.69, 9.17) is 0 Å². The first-order valence-corrected chi connectivity index (χ1v) is 8.52. The van der Waals surface area contributed by atoms with E-state index in [0.29, 0.717) is 13.1 Å². The van der Waals surface area contributed by atoms with Crippen LogP contribution in [-0.4, -0.2) is 70.7 Å². The third-order valence-corrected chi connectivity index (χ3v) is 4.98. The molecule has 3 heterocycles. The summed E-state index contributed by atoms with van der Waals surface area (Å²) in [5.74, 6) is 0.251. The van der Waals surface area contributed by atoms with Gasteiger partial charge in [0.2, 0.25) is 11.8 Å². The molecule has 2 amide bonds. The van der Waals surface area contributed by atoms with Gasteiger partial charge < -0.3 is 14.7 Å². The average Bonchev–Trinajstić information content (AvgIpc) is 3.07. The van der Waals surface area contributed by atoms with Gasteiger partial charge >= 0.3 is 0 Å². The van der Waals surface area contributed by atoms with Gasteiger partial charge in [-0.3, -0.25) is 14.3 Å². The fraction of sp³-hybridized carbons (Fsp3) is 0.588. The Labute approximate surface area is 142 Å². The molecule has 0 saturated carbocycles. The standard InChI is InChI=1S/C17H25N5O2/c1-3-16(23)21-6-4-14(5-7-21)17(24)22-10-8-20(9-11-22)15-12-18-19(2)13-15/h3,12-14H,1,4-11H2,2H3. The molecule has 130 valence electrons. The van der Waals surface area contributed by atoms with E-state index in [9.17, 15) is 9.59 Å². The lowest BCUT2D eigenvalue weighted by Crippen LogP contribution is -2.52. The summed E-state index contributed by atoms with van der Waals surface area (Å²) in [6.07, 6.45) is 6.72. The number of piperazine rings is 1. The van der Waals surface area contributed by atoms with Crippen LogP contribution in [0.2, 0.25) is 0 Å². The normalized spacial score (nSPS) is 19.5. The Balaban J connectivity index is 1.49. The van der Waals surface area contributed by atoms with E-state index >= 15 is 0 Å². The molecule has 1 aromatic heterocycles. The van der Waals surface area contributed by atoms with E-state index in [1.54, 1.807) is 9.58 Å². The minimum Gasteiger partial charge on any atom is -0.365 e. The molecule has 7 nitrogen and oxygen atoms in total. The molecule has 2 fully saturated rings. The highest BCUT2D eigenvalue weighted by Gasteiger charge is 2.31. The van der Waals surface area contributed by atoms with Gasteiger partial charge in [-0.05, 0) is 18.9 Å². The Bertz CT molecular complexity index is 610. The number of nitrogens with zero attached hydrogens (tertiary/aromatic N) is 5. The van der Waals surface area contributed by atoms with E-state index in [0.717, 1.165) is 44.7 Å². The summed E-state index contributed by atoms with van der Waals surface area (Å²) in [6, 6.07) is 0. The van der Waals surface area contributed by atoms with Gasteiger partial charge in [0, 0.05) is 58.4 Å². The third-order valence-electron chi connectivity index (χ3n) is 4.98. The number of aryl methyl sites for hydroxylation is 1. The van der Waals surface area contributed by atoms with Gasteiger partial charge in [0.25, 0.3) is 0 Å². The highest BCUT2D eigenvalue weighted by molar-refractivity contribution is 5.87. The van der Waals surface area contributed by atoms with Crippen LogP contribution in [0.3, 0.4) is 0 Å². The average molecular weight is 331 g/mol. The first-order chi connectivity index (χ1) is 11.6. The molecule has 0 radical (unpaired) electrons. The van der Waals surface area contributed by atoms with E-state index in [-0.39, 0.29) is 17.7 Å². The van der Waals surface area contributed by atoms with Gasteiger partial charge in [0.15, 0.2) is 0 Å². The van der Waals surface area contributed by atoms with Crippen LogP contribution in [0.25, 0.3) is 0 Å². The van der Waals surface area contributed by atoms with Crippen LogP contribution in [-0.2, 0) is 16.6 Å². The van der Waals surface area contributed by atoms with Crippen molar-refractivity contribution >= 4 is 17.5 Å². The minimum absolute atomic E-state index is 0.0361. The van der Waals surface area contributed by atoms with Crippen molar-refractivity contribution in [3.8, 4) is 0 Å². The molecule has 7 heteroatoms. The Kier molecular flexibility index (Phi) is 4.87. The molecular formula is C17H25N5O2. The maximum Gasteiger partial charge on any atom is 0.245 e. The van der Waals surface area contributed by atoms with E-state index < -0.39 is 0 Å². The fourth-order valence-corrected chi connectivity index (χ4v) is 3.49. The van der Waals surface area contributed by atoms with E-state index in [1.807, 2.05) is 24.3 Å². The summed E-state index contributed by atoms with van der Waals surface area (Å²) in [4.78, 5) is 30.3. The van der Waals surface area contributed by atoms with Crippen molar-refractivity contribution in [1.29, 1.82) is 0 Å². The molecule has 2 aliphatic rings. The first kappa shape index (κ1) is 16.5. The zero-order valence-corrected chi connectivity index (χ0v) is 14.2. The second-order valence-electron chi connectivity index (χ2n) is 6.49. The van der Waals surface area contributed by atoms with Gasteiger partial charge in [0.05, 0.1) is 11.9 Å². The summed E-state index contributed by atoms with van der Waals surface area (Å²) in [7, 11) is 1.91. The minimum atomic E-state index is -0.0361. The molecular weight excluding hydrogens is 306 g/mol. The van der Waals surface area contributed by atoms with Gasteiger partial charge in [-0.25, -0.2) is 0 Å². The van der Waals surface area contributed by atoms with E-state index in [2.05, 4.69) is 16.6 Å². The number of aromatic nitrogens is 2. The lowest BCUT2D eigenvalue weighted by molar-refractivity contribution is -0.139. The van der Waals surface area contributed by atoms with Crippen molar-refractivity contribution in [2.45, 2.75) is 12.8 Å². The summed E-state index contributed by atoms with van der Waals surface area (Å²) >= 11 is 0. The summed E-state index contributed by atoms with van der Waals surface area (Å²) in [5, 5.41) is 4.20. The van der Waals surface area contributed by atoms with Crippen LogP contribution in [0.15, 0.2) is 25.0 Å². The Hall–Kier alpha value is -2.31. The Morgan fingerprint density at radius 1 is 1.12 bits per heavy atom. The molecule has 0 N–H and O–H groups in total. The molecule has 1 aromatic rings. The van der Waals surface area contributed by atoms with Crippen molar-refractivity contribution in [3.63, 3.8) is 0 Å². The van der Waals surface area contributed by atoms with Gasteiger partial charge in [-0.15, -0.1) is 0 Å². The zero-order chi connectivity index (χ0) is 17.1. The number of carbonyl (C=O) groups excluding carboxylic acids is 2. The smallest absolute Gasteiger partial charge is 0.245 e. The first-order valence-electron chi connectivity index (χ1n) is 8.52. The van der Waals surface area contributed by atoms with Crippen LogP contribution in [0.4, 0.5) is 5.69 Å². The lowest BCUT2D eigenvalue weighted by Gasteiger charge is -2.38. The maximum atomic E-state index is 12.7. The van der Waals surface area contributed by atoms with Crippen LogP contribution in [0.1, 0.15) is 12.8 Å². The molecule has 0 spiro atoms. The summed E-state index contributed by atoms with van der Waals surface area (Å²) in [6.45, 7) is 8.00. The predicted octanol–water partition coefficient (Wildman–Crippen LogP) is 0.493. The van der Waals surface area contributed by atoms with E-state index in [1.165, 1.54) is 6.08 Å². The molecule has 0 aliphatic carbocycles. The SMILES string of the molecule is C=CC(=O)N1CCC(C(=O)N2CCN(c3cnn(C)c3)CC2)CC1. The molecule has 2 saturated heterocycles. The number of anilines is 1. The zero-order valence-electron chi connectivity index (χ0n) is 14.2. The van der Waals surface area contributed by atoms with Crippen molar-refractivity contribution in [2.24, 2.45) is 13.0 Å². The summed E-state index contributed by atoms with van der Waals surface area (Å²) < 4.78 is 1.80. The lowest BCUT2D eigenvalue weighted by atomic mass is 9.95. The summed E-state index contributed by atoms with van der Waals surface area (Å²) in [5.41, 5.74) is 1.11. The number of amides is 2. The number of rotatable bonds is 3. The molecule has 0 atom stereocenters. The molecule has 0 bridgehead atoms. The van der Waals surface area contributed by atoms with Crippen LogP contribution in [0.5, 0.6) is 0 Å². The number of likely N-dealkylation sites (tertiary alicyclic amines) is 1. The maximum absolute atomic E-state index is 12.7. The van der Waals surface area contributed by atoms with Crippen molar-refractivity contribution in [3.05, 3.63) is 25.0 Å². The third kappa shape index (κ3) is 3.44. The largest absolute Gasteiger partial charge is 0.365 e. The molecule has 0 aromatic carbocycles. The van der Waals surface area contributed by atoms with Crippen molar-refractivity contribution < 1.29 is 9.59 Å². The monoisotopic (exact) mass is 331 g/mol. The predicted molar refractivity (Wildman–Crippen MR) is 91.5 cm³/mol. The second-order valence-corrected chi connectivity index (χ2v) is 6.49. The highest BCUT2D eigenvalue weighted by Crippen LogP contribution is 2.22. The number of hydrogen-bond acceptors (Lipinski definition) is 4. The van der Waals surface area contributed by atoms with Crippen molar-refractivity contribution in [2.75, 3.05) is 44.2 Å². The van der Waals surface area contributed by atoms with Crippen LogP contribution in [0, 0.1) is 5.92 Å². The Morgan fingerprint density at radius 2 is 1.79 bits per heavy atom. The molecule has 2 aliphatic heterocycles. The van der Waals surface area contributed by atoms with Gasteiger partial charge in [0.1, 0.15) is 0 Å². The van der Waals surface area contributed by atoms with Gasteiger partial charge in [-0.1, -0.05) is 6.58 Å². The van der Waals surface area contributed by atoms with Crippen molar-refractivity contribution in [1.82, 2.24) is 19.6 Å². The number of carbonyl (C=O) groups is 2. The molecule has 3 rings (SSSR count). The number of piperidine rings is 1. The topological polar surface area (TPSA) is 61.7 Å². The van der Waals surface area contributed by atoms with Crippen LogP contribution >= 0.6 is 0 Å². The quantitative estimate of drug-likeness (QED) is 0.757. The molecule has 0 unspecified atom stereocenters. The molecule has 24 heavy (non-hydrogen) atoms. The number of hydrogen-bond donors (Lipinski definition) is 0. The Morgan fingerprint density at radius 3 is 2.33 bits per heavy atom. The highest BCUT2D eigenvalue weighted by atomic mass is 16.2. The fourth-order valence-electron chi connectivity index (χ4n) is 3.49.